The second kappa shape index (κ2) is 13.6. The first-order chi connectivity index (χ1) is 20.1. The molecule has 4 rings (SSSR count). The molecule has 3 atom stereocenters. The Morgan fingerprint density at radius 2 is 1.64 bits per heavy atom. The van der Waals surface area contributed by atoms with E-state index in [1.807, 2.05) is 30.3 Å². The molecule has 9 nitrogen and oxygen atoms in total. The van der Waals surface area contributed by atoms with Gasteiger partial charge in [0, 0.05) is 36.7 Å². The van der Waals surface area contributed by atoms with Gasteiger partial charge in [-0.1, -0.05) is 79.7 Å². The highest BCUT2D eigenvalue weighted by Gasteiger charge is 2.52. The fraction of sp³-hybridized carbons (Fsp3) is 0.303. The van der Waals surface area contributed by atoms with E-state index in [0.717, 1.165) is 11.1 Å². The largest absolute Gasteiger partial charge is 0.395 e. The summed E-state index contributed by atoms with van der Waals surface area (Å²) in [6.45, 7) is 3.76. The van der Waals surface area contributed by atoms with Crippen LogP contribution in [-0.2, 0) is 33.1 Å². The molecule has 0 aliphatic carbocycles. The summed E-state index contributed by atoms with van der Waals surface area (Å²) in [5.41, 5.74) is 1.53. The molecule has 0 spiro atoms. The molecule has 1 heterocycles. The minimum absolute atomic E-state index is 0.0603. The Kier molecular flexibility index (Phi) is 9.90. The molecule has 3 amide bonds. The molecule has 4 N–H and O–H groups in total. The number of nitrogens with zero attached hydrogens (tertiary/aromatic N) is 2. The van der Waals surface area contributed by atoms with Crippen molar-refractivity contribution >= 4 is 29.1 Å². The number of benzene rings is 3. The van der Waals surface area contributed by atoms with Crippen molar-refractivity contribution in [2.24, 2.45) is 5.92 Å². The normalized spacial score (nSPS) is 17.6. The number of carbonyl (C=O) groups is 3. The van der Waals surface area contributed by atoms with Crippen molar-refractivity contribution in [1.29, 1.82) is 0 Å². The second-order valence-corrected chi connectivity index (χ2v) is 10.5. The molecule has 1 aliphatic heterocycles. The predicted molar refractivity (Wildman–Crippen MR) is 160 cm³/mol. The maximum atomic E-state index is 13.8. The average Bonchev–Trinajstić information content (AvgIpc) is 3.21. The standard InChI is InChI=1S/C33H37N3O6/c1-23(9-8-14-30(39)35(19-20-37)21-25-10-4-3-5-11-25)33(42)28-12-6-7-13-29(28)36(32(33)41)22-26-15-17-27(18-16-26)34-31(40)24(2)38/h3-13,15-18,23-24,37-38,42H,14,19-22H2,1-2H3,(H,34,40)/b9-8+/t23-,24-,33+/m0/s1. The number of amides is 3. The molecule has 0 fully saturated rings. The van der Waals surface area contributed by atoms with Gasteiger partial charge in [-0.15, -0.1) is 0 Å². The van der Waals surface area contributed by atoms with E-state index in [9.17, 15) is 29.7 Å². The van der Waals surface area contributed by atoms with E-state index in [2.05, 4.69) is 5.32 Å². The summed E-state index contributed by atoms with van der Waals surface area (Å²) in [5, 5.41) is 33.3. The summed E-state index contributed by atoms with van der Waals surface area (Å²) < 4.78 is 0. The van der Waals surface area contributed by atoms with Gasteiger partial charge in [-0.05, 0) is 36.2 Å². The summed E-state index contributed by atoms with van der Waals surface area (Å²) in [4.78, 5) is 41.6. The molecule has 3 aromatic carbocycles. The molecular weight excluding hydrogens is 534 g/mol. The van der Waals surface area contributed by atoms with Gasteiger partial charge in [0.1, 0.15) is 6.10 Å². The summed E-state index contributed by atoms with van der Waals surface area (Å²) in [7, 11) is 0. The van der Waals surface area contributed by atoms with E-state index in [1.165, 1.54) is 11.8 Å². The summed E-state index contributed by atoms with van der Waals surface area (Å²) in [6, 6.07) is 23.6. The zero-order valence-corrected chi connectivity index (χ0v) is 23.8. The van der Waals surface area contributed by atoms with E-state index >= 15 is 0 Å². The van der Waals surface area contributed by atoms with Crippen LogP contribution in [0.25, 0.3) is 0 Å². The van der Waals surface area contributed by atoms with Crippen LogP contribution in [0.1, 0.15) is 37.0 Å². The Labute approximate surface area is 245 Å². The van der Waals surface area contributed by atoms with Crippen molar-refractivity contribution in [3.05, 3.63) is 108 Å². The van der Waals surface area contributed by atoms with Gasteiger partial charge in [0.2, 0.25) is 5.91 Å². The third-order valence-electron chi connectivity index (χ3n) is 7.43. The number of para-hydroxylation sites is 1. The molecule has 0 aromatic heterocycles. The van der Waals surface area contributed by atoms with Crippen LogP contribution in [0.15, 0.2) is 91.0 Å². The number of hydrogen-bond donors (Lipinski definition) is 4. The molecule has 9 heteroatoms. The quantitative estimate of drug-likeness (QED) is 0.247. The molecule has 1 aliphatic rings. The molecule has 3 aromatic rings. The zero-order chi connectivity index (χ0) is 30.3. The number of aliphatic hydroxyl groups is 3. The van der Waals surface area contributed by atoms with Gasteiger partial charge in [-0.3, -0.25) is 14.4 Å². The van der Waals surface area contributed by atoms with E-state index in [0.29, 0.717) is 23.5 Å². The highest BCUT2D eigenvalue weighted by molar-refractivity contribution is 6.07. The zero-order valence-electron chi connectivity index (χ0n) is 23.8. The number of nitrogens with one attached hydrogen (secondary N) is 1. The van der Waals surface area contributed by atoms with Crippen LogP contribution in [0.5, 0.6) is 0 Å². The molecule has 0 saturated heterocycles. The summed E-state index contributed by atoms with van der Waals surface area (Å²) >= 11 is 0. The number of hydrogen-bond acceptors (Lipinski definition) is 6. The summed E-state index contributed by atoms with van der Waals surface area (Å²) in [6.07, 6.45) is 2.28. The Balaban J connectivity index is 1.46. The fourth-order valence-corrected chi connectivity index (χ4v) is 5.04. The third kappa shape index (κ3) is 6.76. The van der Waals surface area contributed by atoms with Crippen molar-refractivity contribution < 1.29 is 29.7 Å². The Bertz CT molecular complexity index is 1420. The minimum Gasteiger partial charge on any atom is -0.395 e. The van der Waals surface area contributed by atoms with Gasteiger partial charge >= 0.3 is 0 Å². The van der Waals surface area contributed by atoms with Gasteiger partial charge in [0.05, 0.1) is 18.8 Å². The number of anilines is 2. The number of rotatable bonds is 12. The van der Waals surface area contributed by atoms with E-state index < -0.39 is 29.4 Å². The molecule has 0 unspecified atom stereocenters. The SMILES string of the molecule is C[C@H](O)C(=O)Nc1ccc(CN2C(=O)[C@@](O)([C@@H](C)/C=C/CC(=O)N(CCO)Cc3ccccc3)c3ccccc32)cc1. The number of fused-ring (bicyclic) bond motifs is 1. The lowest BCUT2D eigenvalue weighted by atomic mass is 9.83. The van der Waals surface area contributed by atoms with Crippen LogP contribution in [0.2, 0.25) is 0 Å². The smallest absolute Gasteiger partial charge is 0.264 e. The van der Waals surface area contributed by atoms with Crippen molar-refractivity contribution in [3.8, 4) is 0 Å². The molecule has 220 valence electrons. The molecule has 0 saturated carbocycles. The van der Waals surface area contributed by atoms with Crippen LogP contribution in [0, 0.1) is 5.92 Å². The second-order valence-electron chi connectivity index (χ2n) is 10.5. The lowest BCUT2D eigenvalue weighted by Gasteiger charge is -2.28. The highest BCUT2D eigenvalue weighted by Crippen LogP contribution is 2.45. The highest BCUT2D eigenvalue weighted by atomic mass is 16.3. The van der Waals surface area contributed by atoms with Crippen molar-refractivity contribution in [2.45, 2.75) is 45.1 Å². The van der Waals surface area contributed by atoms with Gasteiger partial charge in [0.15, 0.2) is 5.60 Å². The fourth-order valence-electron chi connectivity index (χ4n) is 5.04. The monoisotopic (exact) mass is 571 g/mol. The van der Waals surface area contributed by atoms with Crippen LogP contribution in [0.4, 0.5) is 11.4 Å². The third-order valence-corrected chi connectivity index (χ3v) is 7.43. The van der Waals surface area contributed by atoms with Crippen LogP contribution < -0.4 is 10.2 Å². The van der Waals surface area contributed by atoms with E-state index in [-0.39, 0.29) is 32.0 Å². The van der Waals surface area contributed by atoms with Gasteiger partial charge in [0.25, 0.3) is 11.8 Å². The molecule has 42 heavy (non-hydrogen) atoms. The first-order valence-electron chi connectivity index (χ1n) is 14.0. The maximum Gasteiger partial charge on any atom is 0.264 e. The lowest BCUT2D eigenvalue weighted by Crippen LogP contribution is -2.44. The first-order valence-corrected chi connectivity index (χ1v) is 14.0. The molecule has 0 radical (unpaired) electrons. The Morgan fingerprint density at radius 1 is 0.976 bits per heavy atom. The van der Waals surface area contributed by atoms with Crippen LogP contribution in [0.3, 0.4) is 0 Å². The topological polar surface area (TPSA) is 130 Å². The van der Waals surface area contributed by atoms with Crippen LogP contribution >= 0.6 is 0 Å². The van der Waals surface area contributed by atoms with E-state index in [4.69, 9.17) is 0 Å². The Hall–Kier alpha value is -4.31. The van der Waals surface area contributed by atoms with Crippen LogP contribution in [-0.4, -0.2) is 57.2 Å². The maximum absolute atomic E-state index is 13.8. The predicted octanol–water partition coefficient (Wildman–Crippen LogP) is 3.34. The Morgan fingerprint density at radius 3 is 2.31 bits per heavy atom. The molecule has 0 bridgehead atoms. The van der Waals surface area contributed by atoms with Gasteiger partial charge in [-0.25, -0.2) is 0 Å². The summed E-state index contributed by atoms with van der Waals surface area (Å²) in [5.74, 6) is -1.79. The van der Waals surface area contributed by atoms with Crippen molar-refractivity contribution in [1.82, 2.24) is 4.90 Å². The van der Waals surface area contributed by atoms with Gasteiger partial charge in [-0.2, -0.15) is 0 Å². The van der Waals surface area contributed by atoms with E-state index in [1.54, 1.807) is 72.5 Å². The first kappa shape index (κ1) is 30.6. The number of aliphatic hydroxyl groups excluding tert-OH is 2. The van der Waals surface area contributed by atoms with Crippen molar-refractivity contribution in [3.63, 3.8) is 0 Å². The van der Waals surface area contributed by atoms with Crippen molar-refractivity contribution in [2.75, 3.05) is 23.4 Å². The lowest BCUT2D eigenvalue weighted by molar-refractivity contribution is -0.139. The number of carbonyl (C=O) groups excluding carboxylic acids is 3. The van der Waals surface area contributed by atoms with Gasteiger partial charge < -0.3 is 30.4 Å². The average molecular weight is 572 g/mol. The molecular formula is C33H37N3O6. The minimum atomic E-state index is -1.82.